The number of aromatic hydroxyl groups is 1. The molecule has 0 bridgehead atoms. The van der Waals surface area contributed by atoms with Crippen LogP contribution in [0.15, 0.2) is 57.9 Å². The van der Waals surface area contributed by atoms with Gasteiger partial charge in [-0.1, -0.05) is 29.8 Å². The Morgan fingerprint density at radius 3 is 2.44 bits per heavy atom. The summed E-state index contributed by atoms with van der Waals surface area (Å²) in [6.07, 6.45) is 1.25. The van der Waals surface area contributed by atoms with E-state index >= 15 is 0 Å². The Bertz CT molecular complexity index is 1180. The third-order valence-electron chi connectivity index (χ3n) is 6.29. The summed E-state index contributed by atoms with van der Waals surface area (Å²) in [6, 6.07) is 12.8. The number of benzene rings is 1. The number of aromatic nitrogens is 1. The average molecular weight is 466 g/mol. The van der Waals surface area contributed by atoms with Crippen molar-refractivity contribution in [2.45, 2.75) is 33.4 Å². The van der Waals surface area contributed by atoms with E-state index in [9.17, 15) is 14.7 Å². The number of aryl methyl sites for hydroxylation is 2. The number of furan rings is 1. The van der Waals surface area contributed by atoms with Gasteiger partial charge in [0.05, 0.1) is 31.0 Å². The standard InChI is InChI=1S/C26H31N3O5/c1-4-33-26(32)28-13-11-27(12-14-28)24(20-9-7-18(2)8-10-20)23-22(30)16-19(3)29(25(23)31)17-21-6-5-15-34-21/h5-10,15-16,24,30H,4,11-14,17H2,1-3H3. The van der Waals surface area contributed by atoms with Gasteiger partial charge in [-0.2, -0.15) is 0 Å². The highest BCUT2D eigenvalue weighted by Crippen LogP contribution is 2.33. The first-order valence-corrected chi connectivity index (χ1v) is 11.6. The molecule has 8 heteroatoms. The number of pyridine rings is 1. The third kappa shape index (κ3) is 4.87. The molecule has 8 nitrogen and oxygen atoms in total. The van der Waals surface area contributed by atoms with Crippen molar-refractivity contribution in [1.29, 1.82) is 0 Å². The van der Waals surface area contributed by atoms with Gasteiger partial charge in [0.1, 0.15) is 11.5 Å². The van der Waals surface area contributed by atoms with Gasteiger partial charge in [-0.15, -0.1) is 0 Å². The number of ether oxygens (including phenoxy) is 1. The van der Waals surface area contributed by atoms with Crippen molar-refractivity contribution in [3.05, 3.63) is 87.2 Å². The number of nitrogens with zero attached hydrogens (tertiary/aromatic N) is 3. The summed E-state index contributed by atoms with van der Waals surface area (Å²) in [4.78, 5) is 29.8. The van der Waals surface area contributed by atoms with E-state index < -0.39 is 6.04 Å². The van der Waals surface area contributed by atoms with E-state index in [1.165, 1.54) is 0 Å². The topological polar surface area (TPSA) is 88.2 Å². The van der Waals surface area contributed by atoms with Gasteiger partial charge in [-0.05, 0) is 44.5 Å². The van der Waals surface area contributed by atoms with Crippen molar-refractivity contribution in [3.8, 4) is 5.75 Å². The molecule has 1 aromatic carbocycles. The van der Waals surface area contributed by atoms with E-state index in [0.717, 1.165) is 11.1 Å². The lowest BCUT2D eigenvalue weighted by atomic mass is 9.95. The van der Waals surface area contributed by atoms with Gasteiger partial charge >= 0.3 is 6.09 Å². The Kier molecular flexibility index (Phi) is 7.07. The molecule has 1 N–H and O–H groups in total. The highest BCUT2D eigenvalue weighted by Gasteiger charge is 2.32. The molecule has 1 unspecified atom stereocenters. The fraction of sp³-hybridized carbons (Fsp3) is 0.385. The molecule has 180 valence electrons. The van der Waals surface area contributed by atoms with Gasteiger partial charge in [-0.25, -0.2) is 4.79 Å². The largest absolute Gasteiger partial charge is 0.507 e. The van der Waals surface area contributed by atoms with E-state index in [-0.39, 0.29) is 23.9 Å². The van der Waals surface area contributed by atoms with Crippen LogP contribution in [0, 0.1) is 13.8 Å². The van der Waals surface area contributed by atoms with E-state index in [4.69, 9.17) is 9.15 Å². The Balaban J connectivity index is 1.74. The monoisotopic (exact) mass is 465 g/mol. The Morgan fingerprint density at radius 2 is 1.82 bits per heavy atom. The summed E-state index contributed by atoms with van der Waals surface area (Å²) < 4.78 is 12.2. The molecule has 3 heterocycles. The Morgan fingerprint density at radius 1 is 1.12 bits per heavy atom. The molecule has 2 aromatic heterocycles. The van der Waals surface area contributed by atoms with Gasteiger partial charge in [0.2, 0.25) is 0 Å². The van der Waals surface area contributed by atoms with Crippen molar-refractivity contribution in [1.82, 2.24) is 14.4 Å². The van der Waals surface area contributed by atoms with Crippen LogP contribution in [0.5, 0.6) is 5.75 Å². The molecule has 0 aliphatic carbocycles. The SMILES string of the molecule is CCOC(=O)N1CCN(C(c2ccc(C)cc2)c2c(O)cc(C)n(Cc3ccco3)c2=O)CC1. The first-order valence-electron chi connectivity index (χ1n) is 11.6. The fourth-order valence-corrected chi connectivity index (χ4v) is 4.47. The Labute approximate surface area is 199 Å². The normalized spacial score (nSPS) is 15.3. The molecular formula is C26H31N3O5. The minimum absolute atomic E-state index is 0.0309. The van der Waals surface area contributed by atoms with Crippen molar-refractivity contribution in [2.75, 3.05) is 32.8 Å². The lowest BCUT2D eigenvalue weighted by Crippen LogP contribution is -2.50. The molecule has 1 aliphatic rings. The lowest BCUT2D eigenvalue weighted by molar-refractivity contribution is 0.0709. The van der Waals surface area contributed by atoms with Crippen molar-refractivity contribution >= 4 is 6.09 Å². The van der Waals surface area contributed by atoms with Crippen LogP contribution in [0.3, 0.4) is 0 Å². The quantitative estimate of drug-likeness (QED) is 0.598. The van der Waals surface area contributed by atoms with Gasteiger partial charge in [-0.3, -0.25) is 9.69 Å². The molecular weight excluding hydrogens is 434 g/mol. The summed E-state index contributed by atoms with van der Waals surface area (Å²) in [5.41, 5.74) is 2.74. The fourth-order valence-electron chi connectivity index (χ4n) is 4.47. The predicted octanol–water partition coefficient (Wildman–Crippen LogP) is 3.68. The van der Waals surface area contributed by atoms with Crippen LogP contribution < -0.4 is 5.56 Å². The second kappa shape index (κ2) is 10.2. The zero-order valence-corrected chi connectivity index (χ0v) is 19.9. The summed E-state index contributed by atoms with van der Waals surface area (Å²) in [7, 11) is 0. The summed E-state index contributed by atoms with van der Waals surface area (Å²) in [5, 5.41) is 11.0. The summed E-state index contributed by atoms with van der Waals surface area (Å²) in [6.45, 7) is 8.26. The van der Waals surface area contributed by atoms with Crippen LogP contribution in [-0.4, -0.2) is 58.4 Å². The number of carbonyl (C=O) groups is 1. The van der Waals surface area contributed by atoms with Crippen molar-refractivity contribution in [3.63, 3.8) is 0 Å². The highest BCUT2D eigenvalue weighted by atomic mass is 16.6. The molecule has 0 saturated carbocycles. The molecule has 34 heavy (non-hydrogen) atoms. The summed E-state index contributed by atoms with van der Waals surface area (Å²) in [5.74, 6) is 0.633. The number of hydrogen-bond donors (Lipinski definition) is 1. The van der Waals surface area contributed by atoms with Crippen LogP contribution in [0.4, 0.5) is 4.79 Å². The number of carbonyl (C=O) groups excluding carboxylic acids is 1. The maximum atomic E-state index is 13.8. The highest BCUT2D eigenvalue weighted by molar-refractivity contribution is 5.67. The molecule has 4 rings (SSSR count). The van der Waals surface area contributed by atoms with Crippen LogP contribution >= 0.6 is 0 Å². The average Bonchev–Trinajstić information content (AvgIpc) is 3.34. The van der Waals surface area contributed by atoms with Crippen LogP contribution in [0.25, 0.3) is 0 Å². The van der Waals surface area contributed by atoms with E-state index in [0.29, 0.717) is 49.8 Å². The van der Waals surface area contributed by atoms with Crippen molar-refractivity contribution < 1.29 is 19.1 Å². The maximum Gasteiger partial charge on any atom is 0.409 e. The lowest BCUT2D eigenvalue weighted by Gasteiger charge is -2.39. The number of amides is 1. The second-order valence-corrected chi connectivity index (χ2v) is 8.59. The molecule has 1 atom stereocenters. The van der Waals surface area contributed by atoms with Gasteiger partial charge in [0.25, 0.3) is 5.56 Å². The van der Waals surface area contributed by atoms with E-state index in [2.05, 4.69) is 4.90 Å². The smallest absolute Gasteiger partial charge is 0.409 e. The molecule has 1 saturated heterocycles. The van der Waals surface area contributed by atoms with Gasteiger partial charge < -0.3 is 23.7 Å². The predicted molar refractivity (Wildman–Crippen MR) is 128 cm³/mol. The minimum Gasteiger partial charge on any atom is -0.507 e. The van der Waals surface area contributed by atoms with Gasteiger partial charge in [0.15, 0.2) is 0 Å². The van der Waals surface area contributed by atoms with Gasteiger partial charge in [0, 0.05) is 31.9 Å². The molecule has 3 aromatic rings. The maximum absolute atomic E-state index is 13.8. The number of hydrogen-bond acceptors (Lipinski definition) is 6. The zero-order chi connectivity index (χ0) is 24.2. The first-order chi connectivity index (χ1) is 16.4. The molecule has 0 spiro atoms. The molecule has 1 amide bonds. The van der Waals surface area contributed by atoms with Crippen LogP contribution in [0.2, 0.25) is 0 Å². The number of piperazine rings is 1. The van der Waals surface area contributed by atoms with E-state index in [1.807, 2.05) is 37.3 Å². The Hall–Kier alpha value is -3.52. The zero-order valence-electron chi connectivity index (χ0n) is 19.9. The molecule has 1 aliphatic heterocycles. The first kappa shape index (κ1) is 23.6. The van der Waals surface area contributed by atoms with Crippen molar-refractivity contribution in [2.24, 2.45) is 0 Å². The van der Waals surface area contributed by atoms with E-state index in [1.54, 1.807) is 41.7 Å². The molecule has 1 fully saturated rings. The minimum atomic E-state index is -0.458. The second-order valence-electron chi connectivity index (χ2n) is 8.59. The number of rotatable bonds is 6. The van der Waals surface area contributed by atoms with Crippen LogP contribution in [-0.2, 0) is 11.3 Å². The van der Waals surface area contributed by atoms with Crippen LogP contribution in [0.1, 0.15) is 41.1 Å². The third-order valence-corrected chi connectivity index (χ3v) is 6.29. The molecule has 0 radical (unpaired) electrons. The summed E-state index contributed by atoms with van der Waals surface area (Å²) >= 11 is 0.